The maximum atomic E-state index is 8.69. The molecule has 0 aliphatic heterocycles. The molecule has 0 unspecified atom stereocenters. The van der Waals surface area contributed by atoms with E-state index in [9.17, 15) is 0 Å². The van der Waals surface area contributed by atoms with Crippen molar-refractivity contribution in [2.24, 2.45) is 5.92 Å². The molecule has 1 aromatic rings. The van der Waals surface area contributed by atoms with Crippen LogP contribution in [0.15, 0.2) is 24.3 Å². The summed E-state index contributed by atoms with van der Waals surface area (Å²) < 4.78 is 11.2. The Morgan fingerprint density at radius 2 is 1.79 bits per heavy atom. The van der Waals surface area contributed by atoms with E-state index in [-0.39, 0.29) is 0 Å². The molecule has 1 aromatic carbocycles. The molecule has 1 aliphatic carbocycles. The van der Waals surface area contributed by atoms with Crippen molar-refractivity contribution in [2.45, 2.75) is 32.1 Å². The van der Waals surface area contributed by atoms with Crippen LogP contribution in [0.1, 0.15) is 37.7 Å². The van der Waals surface area contributed by atoms with Gasteiger partial charge in [0.15, 0.2) is 0 Å². The number of hydrogen-bond acceptors (Lipinski definition) is 3. The standard InChI is InChI=1S/C16H21NO2/c17-12-14-6-8-16(9-7-14)19-11-10-18-13-15-4-2-1-3-5-15/h6-9,15H,1-5,10-11,13H2. The van der Waals surface area contributed by atoms with Crippen LogP contribution in [-0.2, 0) is 4.74 Å². The molecule has 3 heteroatoms. The first-order valence-corrected chi connectivity index (χ1v) is 7.09. The lowest BCUT2D eigenvalue weighted by atomic mass is 9.90. The second kappa shape index (κ2) is 7.81. The zero-order valence-corrected chi connectivity index (χ0v) is 11.3. The summed E-state index contributed by atoms with van der Waals surface area (Å²) in [6.45, 7) is 2.08. The van der Waals surface area contributed by atoms with Crippen LogP contribution in [0.25, 0.3) is 0 Å². The number of nitriles is 1. The van der Waals surface area contributed by atoms with Gasteiger partial charge in [-0.15, -0.1) is 0 Å². The summed E-state index contributed by atoms with van der Waals surface area (Å²) in [6, 6.07) is 9.25. The molecule has 0 spiro atoms. The number of rotatable bonds is 6. The van der Waals surface area contributed by atoms with Crippen molar-refractivity contribution in [3.63, 3.8) is 0 Å². The van der Waals surface area contributed by atoms with E-state index in [1.807, 2.05) is 12.1 Å². The van der Waals surface area contributed by atoms with Crippen LogP contribution in [0.2, 0.25) is 0 Å². The lowest BCUT2D eigenvalue weighted by Crippen LogP contribution is -2.16. The van der Waals surface area contributed by atoms with E-state index in [0.29, 0.717) is 18.8 Å². The van der Waals surface area contributed by atoms with Gasteiger partial charge in [-0.2, -0.15) is 5.26 Å². The monoisotopic (exact) mass is 259 g/mol. The Morgan fingerprint density at radius 3 is 2.47 bits per heavy atom. The van der Waals surface area contributed by atoms with E-state index in [1.165, 1.54) is 32.1 Å². The summed E-state index contributed by atoms with van der Waals surface area (Å²) in [5.41, 5.74) is 0.654. The molecular weight excluding hydrogens is 238 g/mol. The molecule has 3 nitrogen and oxygen atoms in total. The van der Waals surface area contributed by atoms with Crippen molar-refractivity contribution in [2.75, 3.05) is 19.8 Å². The van der Waals surface area contributed by atoms with Gasteiger partial charge < -0.3 is 9.47 Å². The van der Waals surface area contributed by atoms with E-state index in [4.69, 9.17) is 14.7 Å². The van der Waals surface area contributed by atoms with Crippen LogP contribution >= 0.6 is 0 Å². The highest BCUT2D eigenvalue weighted by Crippen LogP contribution is 2.23. The van der Waals surface area contributed by atoms with Crippen molar-refractivity contribution in [1.29, 1.82) is 5.26 Å². The molecule has 0 bridgehead atoms. The fraction of sp³-hybridized carbons (Fsp3) is 0.562. The second-order valence-corrected chi connectivity index (χ2v) is 5.06. The predicted molar refractivity (Wildman–Crippen MR) is 74.0 cm³/mol. The maximum absolute atomic E-state index is 8.69. The van der Waals surface area contributed by atoms with E-state index in [0.717, 1.165) is 18.3 Å². The van der Waals surface area contributed by atoms with Gasteiger partial charge >= 0.3 is 0 Å². The van der Waals surface area contributed by atoms with Gasteiger partial charge in [-0.3, -0.25) is 0 Å². The molecule has 1 aliphatic rings. The van der Waals surface area contributed by atoms with Gasteiger partial charge in [0.1, 0.15) is 12.4 Å². The largest absolute Gasteiger partial charge is 0.491 e. The first-order valence-electron chi connectivity index (χ1n) is 7.09. The molecule has 102 valence electrons. The Bertz CT molecular complexity index is 402. The number of nitrogens with zero attached hydrogens (tertiary/aromatic N) is 1. The number of ether oxygens (including phenoxy) is 2. The predicted octanol–water partition coefficient (Wildman–Crippen LogP) is 3.53. The molecule has 19 heavy (non-hydrogen) atoms. The normalized spacial score (nSPS) is 15.9. The van der Waals surface area contributed by atoms with E-state index >= 15 is 0 Å². The fourth-order valence-corrected chi connectivity index (χ4v) is 2.45. The highest BCUT2D eigenvalue weighted by atomic mass is 16.5. The van der Waals surface area contributed by atoms with Gasteiger partial charge in [0.05, 0.1) is 18.2 Å². The molecule has 0 N–H and O–H groups in total. The molecule has 0 aromatic heterocycles. The van der Waals surface area contributed by atoms with Crippen LogP contribution in [0.3, 0.4) is 0 Å². The van der Waals surface area contributed by atoms with E-state index in [1.54, 1.807) is 12.1 Å². The zero-order valence-electron chi connectivity index (χ0n) is 11.3. The first-order chi connectivity index (χ1) is 9.38. The number of hydrogen-bond donors (Lipinski definition) is 0. The summed E-state index contributed by atoms with van der Waals surface area (Å²) in [5.74, 6) is 1.55. The molecule has 0 heterocycles. The van der Waals surface area contributed by atoms with Gasteiger partial charge in [0.2, 0.25) is 0 Å². The average Bonchev–Trinajstić information content (AvgIpc) is 2.49. The third kappa shape index (κ3) is 4.92. The highest BCUT2D eigenvalue weighted by molar-refractivity contribution is 5.34. The Hall–Kier alpha value is -1.53. The van der Waals surface area contributed by atoms with Crippen molar-refractivity contribution < 1.29 is 9.47 Å². The van der Waals surface area contributed by atoms with Gasteiger partial charge in [-0.05, 0) is 43.0 Å². The summed E-state index contributed by atoms with van der Waals surface area (Å²) >= 11 is 0. The van der Waals surface area contributed by atoms with Crippen LogP contribution < -0.4 is 4.74 Å². The highest BCUT2D eigenvalue weighted by Gasteiger charge is 2.12. The first kappa shape index (κ1) is 13.9. The van der Waals surface area contributed by atoms with Crippen molar-refractivity contribution in [3.8, 4) is 11.8 Å². The molecule has 0 amide bonds. The lowest BCUT2D eigenvalue weighted by molar-refractivity contribution is 0.0635. The minimum atomic E-state index is 0.568. The minimum absolute atomic E-state index is 0.568. The van der Waals surface area contributed by atoms with Gasteiger partial charge in [0, 0.05) is 6.61 Å². The van der Waals surface area contributed by atoms with Crippen LogP contribution in [-0.4, -0.2) is 19.8 Å². The molecule has 0 atom stereocenters. The number of benzene rings is 1. The Morgan fingerprint density at radius 1 is 1.05 bits per heavy atom. The van der Waals surface area contributed by atoms with Gasteiger partial charge in [-0.1, -0.05) is 19.3 Å². The van der Waals surface area contributed by atoms with Crippen molar-refractivity contribution >= 4 is 0 Å². The summed E-state index contributed by atoms with van der Waals surface area (Å²) in [4.78, 5) is 0. The Balaban J connectivity index is 1.57. The topological polar surface area (TPSA) is 42.2 Å². The fourth-order valence-electron chi connectivity index (χ4n) is 2.45. The maximum Gasteiger partial charge on any atom is 0.119 e. The average molecular weight is 259 g/mol. The summed E-state index contributed by atoms with van der Waals surface area (Å²) in [6.07, 6.45) is 6.73. The third-order valence-electron chi connectivity index (χ3n) is 3.56. The van der Waals surface area contributed by atoms with Gasteiger partial charge in [0.25, 0.3) is 0 Å². The molecule has 2 rings (SSSR count). The molecule has 0 saturated heterocycles. The van der Waals surface area contributed by atoms with E-state index in [2.05, 4.69) is 6.07 Å². The quantitative estimate of drug-likeness (QED) is 0.734. The Kier molecular flexibility index (Phi) is 5.71. The molecular formula is C16H21NO2. The molecule has 0 radical (unpaired) electrons. The van der Waals surface area contributed by atoms with Gasteiger partial charge in [-0.25, -0.2) is 0 Å². The van der Waals surface area contributed by atoms with Crippen molar-refractivity contribution in [1.82, 2.24) is 0 Å². The Labute approximate surface area is 115 Å². The second-order valence-electron chi connectivity index (χ2n) is 5.06. The van der Waals surface area contributed by atoms with Crippen LogP contribution in [0, 0.1) is 17.2 Å². The zero-order chi connectivity index (χ0) is 13.3. The summed E-state index contributed by atoms with van der Waals surface area (Å²) in [5, 5.41) is 8.69. The lowest BCUT2D eigenvalue weighted by Gasteiger charge is -2.21. The molecule has 1 fully saturated rings. The van der Waals surface area contributed by atoms with Crippen LogP contribution in [0.5, 0.6) is 5.75 Å². The van der Waals surface area contributed by atoms with Crippen molar-refractivity contribution in [3.05, 3.63) is 29.8 Å². The third-order valence-corrected chi connectivity index (χ3v) is 3.56. The SMILES string of the molecule is N#Cc1ccc(OCCOCC2CCCCC2)cc1. The van der Waals surface area contributed by atoms with E-state index < -0.39 is 0 Å². The molecule has 1 saturated carbocycles. The smallest absolute Gasteiger partial charge is 0.119 e. The summed E-state index contributed by atoms with van der Waals surface area (Å²) in [7, 11) is 0. The van der Waals surface area contributed by atoms with Crippen LogP contribution in [0.4, 0.5) is 0 Å². The minimum Gasteiger partial charge on any atom is -0.491 e.